The van der Waals surface area contributed by atoms with Crippen LogP contribution in [0.15, 0.2) is 16.6 Å². The Balaban J connectivity index is 1.86. The Bertz CT molecular complexity index is 497. The first-order valence-corrected chi connectivity index (χ1v) is 7.23. The minimum Gasteiger partial charge on any atom is -0.378 e. The van der Waals surface area contributed by atoms with Crippen molar-refractivity contribution in [2.24, 2.45) is 11.3 Å². The van der Waals surface area contributed by atoms with Crippen molar-refractivity contribution in [1.29, 1.82) is 0 Å². The highest BCUT2D eigenvalue weighted by atomic mass is 79.9. The summed E-state index contributed by atoms with van der Waals surface area (Å²) in [7, 11) is 0. The molecule has 0 spiro atoms. The Hall–Kier alpha value is -0.680. The van der Waals surface area contributed by atoms with Crippen LogP contribution in [0.4, 0.5) is 14.5 Å². The van der Waals surface area contributed by atoms with Crippen molar-refractivity contribution in [3.63, 3.8) is 0 Å². The van der Waals surface area contributed by atoms with E-state index in [4.69, 9.17) is 4.74 Å². The summed E-state index contributed by atoms with van der Waals surface area (Å²) in [6, 6.07) is 2.33. The molecular formula is C14H16BrF2NO. The molecule has 1 heterocycles. The van der Waals surface area contributed by atoms with E-state index >= 15 is 0 Å². The lowest BCUT2D eigenvalue weighted by atomic mass is 9.57. The zero-order chi connectivity index (χ0) is 13.8. The number of hydrogen-bond donors (Lipinski definition) is 1. The van der Waals surface area contributed by atoms with E-state index in [1.54, 1.807) is 0 Å². The smallest absolute Gasteiger partial charge is 0.150 e. The number of hydrogen-bond acceptors (Lipinski definition) is 2. The van der Waals surface area contributed by atoms with Crippen molar-refractivity contribution < 1.29 is 13.5 Å². The van der Waals surface area contributed by atoms with Crippen molar-refractivity contribution in [2.75, 3.05) is 11.9 Å². The second kappa shape index (κ2) is 4.42. The van der Waals surface area contributed by atoms with Gasteiger partial charge >= 0.3 is 0 Å². The molecule has 1 aliphatic heterocycles. The second-order valence-electron chi connectivity index (χ2n) is 5.93. The molecule has 3 atom stereocenters. The van der Waals surface area contributed by atoms with Crippen LogP contribution in [-0.2, 0) is 4.74 Å². The quantitative estimate of drug-likeness (QED) is 0.885. The number of anilines is 1. The van der Waals surface area contributed by atoms with E-state index < -0.39 is 11.6 Å². The molecule has 1 saturated heterocycles. The largest absolute Gasteiger partial charge is 0.378 e. The molecule has 0 bridgehead atoms. The number of halogens is 3. The Morgan fingerprint density at radius 3 is 2.79 bits per heavy atom. The second-order valence-corrected chi connectivity index (χ2v) is 6.79. The van der Waals surface area contributed by atoms with Crippen molar-refractivity contribution in [1.82, 2.24) is 0 Å². The Kier molecular flexibility index (Phi) is 3.09. The number of ether oxygens (including phenoxy) is 1. The van der Waals surface area contributed by atoms with Gasteiger partial charge in [0.15, 0.2) is 0 Å². The molecule has 2 nitrogen and oxygen atoms in total. The van der Waals surface area contributed by atoms with E-state index in [2.05, 4.69) is 35.1 Å². The van der Waals surface area contributed by atoms with Crippen LogP contribution in [0.1, 0.15) is 20.3 Å². The molecule has 1 aliphatic carbocycles. The van der Waals surface area contributed by atoms with Crippen LogP contribution in [0.3, 0.4) is 0 Å². The fourth-order valence-electron chi connectivity index (χ4n) is 3.45. The van der Waals surface area contributed by atoms with Crippen molar-refractivity contribution in [3.8, 4) is 0 Å². The van der Waals surface area contributed by atoms with Gasteiger partial charge in [0, 0.05) is 34.5 Å². The molecule has 1 aromatic carbocycles. The molecule has 0 amide bonds. The topological polar surface area (TPSA) is 21.3 Å². The molecule has 1 N–H and O–H groups in total. The molecule has 2 fully saturated rings. The number of benzene rings is 1. The summed E-state index contributed by atoms with van der Waals surface area (Å²) in [5, 5.41) is 3.24. The maximum atomic E-state index is 13.9. The molecule has 0 aromatic heterocycles. The maximum Gasteiger partial charge on any atom is 0.150 e. The van der Waals surface area contributed by atoms with Gasteiger partial charge in [0.2, 0.25) is 0 Å². The molecule has 19 heavy (non-hydrogen) atoms. The lowest BCUT2D eigenvalue weighted by molar-refractivity contribution is -0.0924. The molecule has 1 aromatic rings. The van der Waals surface area contributed by atoms with Gasteiger partial charge in [-0.25, -0.2) is 8.78 Å². The van der Waals surface area contributed by atoms with Crippen LogP contribution >= 0.6 is 15.9 Å². The van der Waals surface area contributed by atoms with Crippen LogP contribution in [0, 0.1) is 23.0 Å². The average molecular weight is 332 g/mol. The molecule has 104 valence electrons. The number of rotatable bonds is 2. The Morgan fingerprint density at radius 2 is 2.11 bits per heavy atom. The average Bonchev–Trinajstić information content (AvgIpc) is 2.74. The SMILES string of the molecule is CC1(C)C(Nc2c(F)cc(F)cc2Br)C2CCOC21. The predicted molar refractivity (Wildman–Crippen MR) is 73.1 cm³/mol. The standard InChI is InChI=1S/C14H16BrF2NO/c1-14(2)12(8-3-4-19-13(8)14)18-11-9(15)5-7(16)6-10(11)17/h5-6,8,12-13,18H,3-4H2,1-2H3. The highest BCUT2D eigenvalue weighted by Crippen LogP contribution is 2.53. The monoisotopic (exact) mass is 331 g/mol. The normalized spacial score (nSPS) is 31.7. The summed E-state index contributed by atoms with van der Waals surface area (Å²) in [6.07, 6.45) is 1.24. The first-order chi connectivity index (χ1) is 8.91. The highest BCUT2D eigenvalue weighted by molar-refractivity contribution is 9.10. The van der Waals surface area contributed by atoms with Gasteiger partial charge in [0.25, 0.3) is 0 Å². The fourth-order valence-corrected chi connectivity index (χ4v) is 3.98. The number of nitrogens with one attached hydrogen (secondary N) is 1. The zero-order valence-corrected chi connectivity index (χ0v) is 12.4. The van der Waals surface area contributed by atoms with Crippen LogP contribution < -0.4 is 5.32 Å². The molecule has 3 unspecified atom stereocenters. The van der Waals surface area contributed by atoms with Crippen LogP contribution in [0.2, 0.25) is 0 Å². The lowest BCUT2D eigenvalue weighted by Gasteiger charge is -2.55. The summed E-state index contributed by atoms with van der Waals surface area (Å²) in [4.78, 5) is 0. The predicted octanol–water partition coefficient (Wildman–Crippen LogP) is 3.95. The highest BCUT2D eigenvalue weighted by Gasteiger charge is 2.59. The van der Waals surface area contributed by atoms with Crippen molar-refractivity contribution in [2.45, 2.75) is 32.4 Å². The molecule has 2 aliphatic rings. The van der Waals surface area contributed by atoms with Gasteiger partial charge in [-0.3, -0.25) is 0 Å². The molecule has 5 heteroatoms. The third kappa shape index (κ3) is 1.98. The molecule has 0 radical (unpaired) electrons. The lowest BCUT2D eigenvalue weighted by Crippen LogP contribution is -2.63. The number of fused-ring (bicyclic) bond motifs is 1. The summed E-state index contributed by atoms with van der Waals surface area (Å²) in [5.41, 5.74) is 0.298. The van der Waals surface area contributed by atoms with E-state index in [1.165, 1.54) is 6.07 Å². The molecule has 1 saturated carbocycles. The van der Waals surface area contributed by atoms with Gasteiger partial charge in [-0.05, 0) is 28.4 Å². The minimum absolute atomic E-state index is 0.0402. The van der Waals surface area contributed by atoms with E-state index in [9.17, 15) is 8.78 Å². The first kappa shape index (κ1) is 13.3. The van der Waals surface area contributed by atoms with E-state index in [0.29, 0.717) is 16.1 Å². The Labute approximate surface area is 119 Å². The summed E-state index contributed by atoms with van der Waals surface area (Å²) >= 11 is 3.22. The van der Waals surface area contributed by atoms with Gasteiger partial charge in [-0.15, -0.1) is 0 Å². The van der Waals surface area contributed by atoms with E-state index in [1.807, 2.05) is 0 Å². The Morgan fingerprint density at radius 1 is 1.37 bits per heavy atom. The van der Waals surface area contributed by atoms with E-state index in [0.717, 1.165) is 19.1 Å². The first-order valence-electron chi connectivity index (χ1n) is 6.44. The summed E-state index contributed by atoms with van der Waals surface area (Å²) in [6.45, 7) is 5.00. The summed E-state index contributed by atoms with van der Waals surface area (Å²) < 4.78 is 33.1. The van der Waals surface area contributed by atoms with Crippen molar-refractivity contribution >= 4 is 21.6 Å². The molecule has 3 rings (SSSR count). The van der Waals surface area contributed by atoms with E-state index in [-0.39, 0.29) is 17.6 Å². The minimum atomic E-state index is -0.579. The summed E-state index contributed by atoms with van der Waals surface area (Å²) in [5.74, 6) is -0.735. The van der Waals surface area contributed by atoms with Crippen LogP contribution in [-0.4, -0.2) is 18.8 Å². The van der Waals surface area contributed by atoms with Gasteiger partial charge < -0.3 is 10.1 Å². The van der Waals surface area contributed by atoms with Gasteiger partial charge in [-0.1, -0.05) is 13.8 Å². The maximum absolute atomic E-state index is 13.9. The van der Waals surface area contributed by atoms with Crippen LogP contribution in [0.5, 0.6) is 0 Å². The van der Waals surface area contributed by atoms with Crippen LogP contribution in [0.25, 0.3) is 0 Å². The third-order valence-corrected chi connectivity index (χ3v) is 5.03. The third-order valence-electron chi connectivity index (χ3n) is 4.41. The van der Waals surface area contributed by atoms with Gasteiger partial charge in [0.05, 0.1) is 11.8 Å². The van der Waals surface area contributed by atoms with Crippen molar-refractivity contribution in [3.05, 3.63) is 28.2 Å². The fraction of sp³-hybridized carbons (Fsp3) is 0.571. The zero-order valence-electron chi connectivity index (χ0n) is 10.8. The van der Waals surface area contributed by atoms with Gasteiger partial charge in [0.1, 0.15) is 11.6 Å². The van der Waals surface area contributed by atoms with Gasteiger partial charge in [-0.2, -0.15) is 0 Å². The molecular weight excluding hydrogens is 316 g/mol.